The fourth-order valence-corrected chi connectivity index (χ4v) is 6.69. The van der Waals surface area contributed by atoms with Gasteiger partial charge in [-0.2, -0.15) is 11.8 Å². The van der Waals surface area contributed by atoms with Crippen molar-refractivity contribution in [2.75, 3.05) is 42.6 Å². The molecule has 7 heteroatoms. The number of anilines is 1. The largest absolute Gasteiger partial charge is 0.369 e. The Kier molecular flexibility index (Phi) is 4.78. The van der Waals surface area contributed by atoms with Crippen LogP contribution in [0, 0.1) is 5.92 Å². The van der Waals surface area contributed by atoms with Gasteiger partial charge in [-0.1, -0.05) is 0 Å². The van der Waals surface area contributed by atoms with Crippen LogP contribution >= 0.6 is 23.1 Å². The monoisotopic (exact) mass is 402 g/mol. The van der Waals surface area contributed by atoms with Crippen molar-refractivity contribution in [1.29, 1.82) is 0 Å². The van der Waals surface area contributed by atoms with Crippen molar-refractivity contribution in [3.63, 3.8) is 0 Å². The number of amides is 1. The van der Waals surface area contributed by atoms with E-state index in [0.717, 1.165) is 17.8 Å². The van der Waals surface area contributed by atoms with Crippen LogP contribution in [-0.4, -0.2) is 65.6 Å². The predicted octanol–water partition coefficient (Wildman–Crippen LogP) is 3.06. The summed E-state index contributed by atoms with van der Waals surface area (Å²) in [5, 5.41) is 6.71. The van der Waals surface area contributed by atoms with Crippen LogP contribution in [0.15, 0.2) is 17.6 Å². The number of nitrogens with zero attached hydrogens (tertiary/aromatic N) is 3. The Balaban J connectivity index is 1.38. The molecular weight excluding hydrogens is 376 g/mol. The molecule has 144 valence electrons. The number of hydrogen-bond donors (Lipinski definition) is 1. The maximum atomic E-state index is 13.0. The molecule has 4 fully saturated rings. The van der Waals surface area contributed by atoms with Gasteiger partial charge in [0.25, 0.3) is 5.91 Å². The van der Waals surface area contributed by atoms with Gasteiger partial charge in [0.05, 0.1) is 10.4 Å². The lowest BCUT2D eigenvalue weighted by Gasteiger charge is -2.49. The van der Waals surface area contributed by atoms with Crippen molar-refractivity contribution in [2.24, 2.45) is 5.92 Å². The first kappa shape index (κ1) is 17.8. The van der Waals surface area contributed by atoms with Crippen LogP contribution < -0.4 is 10.2 Å². The molecule has 2 atom stereocenters. The molecule has 4 saturated heterocycles. The van der Waals surface area contributed by atoms with Gasteiger partial charge in [0.15, 0.2) is 0 Å². The van der Waals surface area contributed by atoms with Crippen LogP contribution in [0.3, 0.4) is 0 Å². The highest BCUT2D eigenvalue weighted by atomic mass is 32.2. The average molecular weight is 403 g/mol. The predicted molar refractivity (Wildman–Crippen MR) is 114 cm³/mol. The number of rotatable bonds is 3. The van der Waals surface area contributed by atoms with Gasteiger partial charge in [0, 0.05) is 53.6 Å². The zero-order valence-electron chi connectivity index (χ0n) is 15.7. The van der Waals surface area contributed by atoms with Crippen molar-refractivity contribution in [1.82, 2.24) is 15.2 Å². The molecule has 2 unspecified atom stereocenters. The molecule has 6 rings (SSSR count). The van der Waals surface area contributed by atoms with E-state index in [2.05, 4.69) is 32.4 Å². The van der Waals surface area contributed by atoms with Crippen molar-refractivity contribution < 1.29 is 4.79 Å². The van der Waals surface area contributed by atoms with Gasteiger partial charge in [-0.3, -0.25) is 9.69 Å². The molecule has 2 aromatic rings. The Labute approximate surface area is 168 Å². The van der Waals surface area contributed by atoms with E-state index in [1.165, 1.54) is 48.5 Å². The van der Waals surface area contributed by atoms with Crippen LogP contribution in [-0.2, 0) is 0 Å². The first-order valence-corrected chi connectivity index (χ1v) is 12.0. The molecule has 5 nitrogen and oxygen atoms in total. The summed E-state index contributed by atoms with van der Waals surface area (Å²) in [6, 6.07) is 2.68. The molecule has 0 aromatic carbocycles. The smallest absolute Gasteiger partial charge is 0.270 e. The lowest BCUT2D eigenvalue weighted by atomic mass is 9.79. The molecule has 1 N–H and O–H groups in total. The van der Waals surface area contributed by atoms with Gasteiger partial charge in [0.2, 0.25) is 0 Å². The Hall–Kier alpha value is -1.31. The Morgan fingerprint density at radius 3 is 2.74 bits per heavy atom. The highest BCUT2D eigenvalue weighted by Crippen LogP contribution is 2.35. The van der Waals surface area contributed by atoms with E-state index in [4.69, 9.17) is 0 Å². The van der Waals surface area contributed by atoms with Gasteiger partial charge in [-0.15, -0.1) is 11.3 Å². The van der Waals surface area contributed by atoms with E-state index in [1.54, 1.807) is 11.3 Å². The number of thiophene rings is 1. The van der Waals surface area contributed by atoms with Gasteiger partial charge < -0.3 is 10.2 Å². The summed E-state index contributed by atoms with van der Waals surface area (Å²) in [4.78, 5) is 22.4. The summed E-state index contributed by atoms with van der Waals surface area (Å²) >= 11 is 3.74. The van der Waals surface area contributed by atoms with Gasteiger partial charge in [0.1, 0.15) is 5.69 Å². The molecule has 6 heterocycles. The molecular formula is C20H26N4OS2. The molecule has 4 aliphatic rings. The lowest BCUT2D eigenvalue weighted by Crippen LogP contribution is -2.62. The number of thioether (sulfide) groups is 1. The third kappa shape index (κ3) is 3.23. The molecule has 4 aliphatic heterocycles. The molecule has 0 saturated carbocycles. The van der Waals surface area contributed by atoms with Crippen LogP contribution in [0.2, 0.25) is 0 Å². The number of fused-ring (bicyclic) bond motifs is 4. The summed E-state index contributed by atoms with van der Waals surface area (Å²) in [6.45, 7) is 6.76. The summed E-state index contributed by atoms with van der Waals surface area (Å²) in [5.41, 5.74) is 1.82. The van der Waals surface area contributed by atoms with Crippen molar-refractivity contribution in [3.8, 4) is 0 Å². The van der Waals surface area contributed by atoms with Gasteiger partial charge >= 0.3 is 0 Å². The average Bonchev–Trinajstić information content (AvgIpc) is 3.15. The van der Waals surface area contributed by atoms with E-state index < -0.39 is 0 Å². The molecule has 0 radical (unpaired) electrons. The van der Waals surface area contributed by atoms with Crippen LogP contribution in [0.1, 0.15) is 30.3 Å². The van der Waals surface area contributed by atoms with Crippen molar-refractivity contribution in [3.05, 3.63) is 23.3 Å². The number of piperidine rings is 3. The summed E-state index contributed by atoms with van der Waals surface area (Å²) < 4.78 is 1.16. The second-order valence-corrected chi connectivity index (χ2v) is 10.0. The third-order valence-corrected chi connectivity index (χ3v) is 8.36. The molecule has 2 aromatic heterocycles. The summed E-state index contributed by atoms with van der Waals surface area (Å²) in [5.74, 6) is 2.94. The number of carbonyl (C=O) groups is 1. The maximum Gasteiger partial charge on any atom is 0.270 e. The van der Waals surface area contributed by atoms with E-state index in [-0.39, 0.29) is 11.9 Å². The number of nitrogens with one attached hydrogen (secondary N) is 1. The van der Waals surface area contributed by atoms with E-state index in [1.807, 2.05) is 24.0 Å². The topological polar surface area (TPSA) is 48.5 Å². The molecule has 2 bridgehead atoms. The molecule has 0 aliphatic carbocycles. The number of carbonyl (C=O) groups excluding carboxylic acids is 1. The van der Waals surface area contributed by atoms with Crippen LogP contribution in [0.5, 0.6) is 0 Å². The fraction of sp³-hybridized carbons (Fsp3) is 0.600. The van der Waals surface area contributed by atoms with Crippen LogP contribution in [0.25, 0.3) is 10.1 Å². The second-order valence-electron chi connectivity index (χ2n) is 7.90. The first-order valence-electron chi connectivity index (χ1n) is 9.95. The van der Waals surface area contributed by atoms with Crippen LogP contribution in [0.4, 0.5) is 5.69 Å². The minimum atomic E-state index is -0.0196. The number of aromatic nitrogens is 1. The minimum Gasteiger partial charge on any atom is -0.369 e. The standard InChI is InChI=1S/C20H26N4OS2/c1-13-19(14-2-4-23(13)5-3-14)22-20(25)16-10-15-17(12-27-18(15)11-21-16)24-6-8-26-9-7-24/h10-14,19H,2-9H2,1H3,(H,22,25). The van der Waals surface area contributed by atoms with Crippen molar-refractivity contribution in [2.45, 2.75) is 31.8 Å². The van der Waals surface area contributed by atoms with Crippen molar-refractivity contribution >= 4 is 44.8 Å². The quantitative estimate of drug-likeness (QED) is 0.855. The fourth-order valence-electron chi connectivity index (χ4n) is 4.86. The number of pyridine rings is 1. The summed E-state index contributed by atoms with van der Waals surface area (Å²) in [7, 11) is 0. The number of hydrogen-bond acceptors (Lipinski definition) is 6. The highest BCUT2D eigenvalue weighted by Gasteiger charge is 2.40. The second kappa shape index (κ2) is 7.26. The first-order chi connectivity index (χ1) is 13.2. The van der Waals surface area contributed by atoms with Gasteiger partial charge in [-0.05, 0) is 44.8 Å². The highest BCUT2D eigenvalue weighted by molar-refractivity contribution is 7.99. The van der Waals surface area contributed by atoms with E-state index in [9.17, 15) is 4.79 Å². The van der Waals surface area contributed by atoms with E-state index in [0.29, 0.717) is 17.7 Å². The normalized spacial score (nSPS) is 30.6. The van der Waals surface area contributed by atoms with Gasteiger partial charge in [-0.25, -0.2) is 4.98 Å². The SMILES string of the molecule is CC1C(NC(=O)c2cc3c(N4CCSCC4)csc3cn2)C2CCN1CC2. The molecule has 27 heavy (non-hydrogen) atoms. The Morgan fingerprint density at radius 2 is 2.00 bits per heavy atom. The Bertz CT molecular complexity index is 838. The summed E-state index contributed by atoms with van der Waals surface area (Å²) in [6.07, 6.45) is 4.27. The third-order valence-electron chi connectivity index (χ3n) is 6.50. The zero-order chi connectivity index (χ0) is 18.4. The lowest BCUT2D eigenvalue weighted by molar-refractivity contribution is 0.0216. The minimum absolute atomic E-state index is 0.0196. The zero-order valence-corrected chi connectivity index (χ0v) is 17.3. The molecule has 0 spiro atoms. The van der Waals surface area contributed by atoms with E-state index >= 15 is 0 Å². The Morgan fingerprint density at radius 1 is 1.22 bits per heavy atom. The molecule has 1 amide bonds. The maximum absolute atomic E-state index is 13.0.